The highest BCUT2D eigenvalue weighted by Crippen LogP contribution is 2.38. The maximum absolute atomic E-state index is 14.6. The van der Waals surface area contributed by atoms with Gasteiger partial charge in [0.05, 0.1) is 24.2 Å². The van der Waals surface area contributed by atoms with E-state index in [0.717, 1.165) is 0 Å². The van der Waals surface area contributed by atoms with Gasteiger partial charge in [-0.15, -0.1) is 0 Å². The highest BCUT2D eigenvalue weighted by atomic mass is 19.1. The standard InChI is InChI=1S/C28H30F4N2O3/c1-37-19-6-7-26-22(16-19)20(25(32)17-33-26)4-2-8-28(27(35)36)9-12-34(13-10-28)11-3-5-21-23(30)14-18(29)15-24(21)31/h6-7,14-17H,2-5,8-13H2,1H3,(H,35,36). The lowest BCUT2D eigenvalue weighted by molar-refractivity contribution is -0.152. The number of aliphatic carboxylic acids is 1. The second kappa shape index (κ2) is 11.5. The predicted octanol–water partition coefficient (Wildman–Crippen LogP) is 5.92. The van der Waals surface area contributed by atoms with E-state index in [4.69, 9.17) is 4.74 Å². The molecular weight excluding hydrogens is 488 g/mol. The fourth-order valence-electron chi connectivity index (χ4n) is 5.25. The van der Waals surface area contributed by atoms with Gasteiger partial charge < -0.3 is 14.7 Å². The normalized spacial score (nSPS) is 15.7. The van der Waals surface area contributed by atoms with Gasteiger partial charge >= 0.3 is 5.97 Å². The lowest BCUT2D eigenvalue weighted by Crippen LogP contribution is -2.44. The van der Waals surface area contributed by atoms with Crippen LogP contribution in [0.4, 0.5) is 17.6 Å². The third-order valence-corrected chi connectivity index (χ3v) is 7.49. The van der Waals surface area contributed by atoms with Gasteiger partial charge in [0.15, 0.2) is 0 Å². The molecule has 9 heteroatoms. The molecular formula is C28H30F4N2O3. The summed E-state index contributed by atoms with van der Waals surface area (Å²) in [6, 6.07) is 6.63. The zero-order valence-corrected chi connectivity index (χ0v) is 20.7. The van der Waals surface area contributed by atoms with Crippen LogP contribution in [0.2, 0.25) is 0 Å². The zero-order valence-electron chi connectivity index (χ0n) is 20.7. The van der Waals surface area contributed by atoms with Crippen molar-refractivity contribution < 1.29 is 32.2 Å². The number of ether oxygens (including phenoxy) is 1. The van der Waals surface area contributed by atoms with Gasteiger partial charge in [0.25, 0.3) is 0 Å². The van der Waals surface area contributed by atoms with Crippen LogP contribution in [0, 0.1) is 28.7 Å². The SMILES string of the molecule is COc1ccc2ncc(F)c(CCCC3(C(=O)O)CCN(CCCc4c(F)cc(F)cc4F)CC3)c2c1. The molecule has 3 aromatic rings. The average Bonchev–Trinajstić information content (AvgIpc) is 2.87. The average molecular weight is 519 g/mol. The fourth-order valence-corrected chi connectivity index (χ4v) is 5.25. The molecule has 1 saturated heterocycles. The summed E-state index contributed by atoms with van der Waals surface area (Å²) in [5.41, 5.74) is 0.121. The number of nitrogens with zero attached hydrogens (tertiary/aromatic N) is 2. The molecule has 1 fully saturated rings. The Labute approximate surface area is 213 Å². The van der Waals surface area contributed by atoms with Gasteiger partial charge in [-0.2, -0.15) is 0 Å². The van der Waals surface area contributed by atoms with Crippen molar-refractivity contribution in [3.63, 3.8) is 0 Å². The number of piperidine rings is 1. The minimum Gasteiger partial charge on any atom is -0.497 e. The molecule has 0 bridgehead atoms. The molecule has 2 heterocycles. The fraction of sp³-hybridized carbons (Fsp3) is 0.429. The molecule has 2 aromatic carbocycles. The third kappa shape index (κ3) is 6.04. The number of benzene rings is 2. The molecule has 37 heavy (non-hydrogen) atoms. The van der Waals surface area contributed by atoms with E-state index in [2.05, 4.69) is 9.88 Å². The summed E-state index contributed by atoms with van der Waals surface area (Å²) in [5.74, 6) is -3.41. The van der Waals surface area contributed by atoms with Gasteiger partial charge in [-0.3, -0.25) is 9.78 Å². The van der Waals surface area contributed by atoms with E-state index < -0.39 is 34.7 Å². The Hall–Kier alpha value is -3.20. The summed E-state index contributed by atoms with van der Waals surface area (Å²) in [4.78, 5) is 18.5. The molecule has 1 aliphatic heterocycles. The number of carboxylic acid groups (broad SMARTS) is 1. The number of hydrogen-bond acceptors (Lipinski definition) is 4. The monoisotopic (exact) mass is 518 g/mol. The second-order valence-corrected chi connectivity index (χ2v) is 9.70. The van der Waals surface area contributed by atoms with Gasteiger partial charge in [0.1, 0.15) is 29.0 Å². The predicted molar refractivity (Wildman–Crippen MR) is 132 cm³/mol. The number of aryl methyl sites for hydroxylation is 1. The van der Waals surface area contributed by atoms with Crippen molar-refractivity contribution in [2.24, 2.45) is 5.41 Å². The second-order valence-electron chi connectivity index (χ2n) is 9.70. The first-order chi connectivity index (χ1) is 17.7. The molecule has 1 aromatic heterocycles. The molecule has 0 aliphatic carbocycles. The van der Waals surface area contributed by atoms with Crippen molar-refractivity contribution in [3.05, 3.63) is 70.9 Å². The van der Waals surface area contributed by atoms with Crippen molar-refractivity contribution >= 4 is 16.9 Å². The van der Waals surface area contributed by atoms with Crippen LogP contribution < -0.4 is 4.74 Å². The number of halogens is 4. The van der Waals surface area contributed by atoms with Crippen molar-refractivity contribution in [1.82, 2.24) is 9.88 Å². The molecule has 1 aliphatic rings. The lowest BCUT2D eigenvalue weighted by Gasteiger charge is -2.39. The first-order valence-electron chi connectivity index (χ1n) is 12.4. The maximum Gasteiger partial charge on any atom is 0.309 e. The number of carboxylic acids is 1. The number of hydrogen-bond donors (Lipinski definition) is 1. The number of likely N-dealkylation sites (tertiary alicyclic amines) is 1. The molecule has 4 rings (SSSR count). The summed E-state index contributed by atoms with van der Waals surface area (Å²) in [6.45, 7) is 1.65. The summed E-state index contributed by atoms with van der Waals surface area (Å²) >= 11 is 0. The van der Waals surface area contributed by atoms with E-state index in [1.165, 1.54) is 13.3 Å². The molecule has 5 nitrogen and oxygen atoms in total. The maximum atomic E-state index is 14.6. The van der Waals surface area contributed by atoms with E-state index in [0.29, 0.717) is 92.5 Å². The summed E-state index contributed by atoms with van der Waals surface area (Å²) < 4.78 is 60.7. The molecule has 0 saturated carbocycles. The molecule has 1 N–H and O–H groups in total. The molecule has 0 radical (unpaired) electrons. The minimum atomic E-state index is -0.945. The van der Waals surface area contributed by atoms with Crippen LogP contribution in [0.25, 0.3) is 10.9 Å². The van der Waals surface area contributed by atoms with Crippen molar-refractivity contribution in [3.8, 4) is 5.75 Å². The highest BCUT2D eigenvalue weighted by Gasteiger charge is 2.40. The van der Waals surface area contributed by atoms with E-state index >= 15 is 0 Å². The number of methoxy groups -OCH3 is 1. The van der Waals surface area contributed by atoms with Crippen LogP contribution in [0.3, 0.4) is 0 Å². The highest BCUT2D eigenvalue weighted by molar-refractivity contribution is 5.83. The topological polar surface area (TPSA) is 62.7 Å². The Morgan fingerprint density at radius 1 is 1.00 bits per heavy atom. The van der Waals surface area contributed by atoms with Crippen molar-refractivity contribution in [2.75, 3.05) is 26.7 Å². The Morgan fingerprint density at radius 3 is 2.32 bits per heavy atom. The van der Waals surface area contributed by atoms with Gasteiger partial charge in [0.2, 0.25) is 0 Å². The number of carbonyl (C=O) groups is 1. The van der Waals surface area contributed by atoms with E-state index in [1.54, 1.807) is 18.2 Å². The van der Waals surface area contributed by atoms with Crippen LogP contribution in [-0.4, -0.2) is 47.7 Å². The van der Waals surface area contributed by atoms with Crippen LogP contribution in [0.15, 0.2) is 36.5 Å². The number of pyridine rings is 1. The van der Waals surface area contributed by atoms with Crippen LogP contribution in [0.5, 0.6) is 5.75 Å². The zero-order chi connectivity index (χ0) is 26.6. The van der Waals surface area contributed by atoms with Crippen molar-refractivity contribution in [2.45, 2.75) is 44.9 Å². The van der Waals surface area contributed by atoms with Gasteiger partial charge in [-0.05, 0) is 88.3 Å². The number of fused-ring (bicyclic) bond motifs is 1. The molecule has 0 atom stereocenters. The van der Waals surface area contributed by atoms with Crippen molar-refractivity contribution in [1.29, 1.82) is 0 Å². The summed E-state index contributed by atoms with van der Waals surface area (Å²) in [5, 5.41) is 10.7. The van der Waals surface area contributed by atoms with E-state index in [9.17, 15) is 27.5 Å². The van der Waals surface area contributed by atoms with Crippen LogP contribution in [-0.2, 0) is 17.6 Å². The smallest absolute Gasteiger partial charge is 0.309 e. The molecule has 0 amide bonds. The largest absolute Gasteiger partial charge is 0.497 e. The summed E-state index contributed by atoms with van der Waals surface area (Å²) in [6.07, 6.45) is 3.97. The Kier molecular flexibility index (Phi) is 8.32. The molecule has 198 valence electrons. The van der Waals surface area contributed by atoms with Gasteiger partial charge in [-0.1, -0.05) is 0 Å². The summed E-state index contributed by atoms with van der Waals surface area (Å²) in [7, 11) is 1.54. The van der Waals surface area contributed by atoms with E-state index in [1.807, 2.05) is 0 Å². The number of aromatic nitrogens is 1. The van der Waals surface area contributed by atoms with Gasteiger partial charge in [-0.25, -0.2) is 17.6 Å². The third-order valence-electron chi connectivity index (χ3n) is 7.49. The Balaban J connectivity index is 1.33. The molecule has 0 spiro atoms. The van der Waals surface area contributed by atoms with Gasteiger partial charge in [0, 0.05) is 23.1 Å². The molecule has 0 unspecified atom stereocenters. The lowest BCUT2D eigenvalue weighted by atomic mass is 9.74. The minimum absolute atomic E-state index is 0.133. The first kappa shape index (κ1) is 26.9. The van der Waals surface area contributed by atoms with Crippen LogP contribution in [0.1, 0.15) is 43.2 Å². The Bertz CT molecular complexity index is 1250. The van der Waals surface area contributed by atoms with Crippen LogP contribution >= 0.6 is 0 Å². The quantitative estimate of drug-likeness (QED) is 0.338. The first-order valence-corrected chi connectivity index (χ1v) is 12.4. The Morgan fingerprint density at radius 2 is 1.68 bits per heavy atom. The number of rotatable bonds is 10. The van der Waals surface area contributed by atoms with E-state index in [-0.39, 0.29) is 12.0 Å².